The fourth-order valence-electron chi connectivity index (χ4n) is 7.81. The highest BCUT2D eigenvalue weighted by Gasteiger charge is 2.40. The molecule has 5 heterocycles. The molecule has 1 unspecified atom stereocenters. The molecule has 1 saturated heterocycles. The van der Waals surface area contributed by atoms with Gasteiger partial charge in [0.1, 0.15) is 12.1 Å². The van der Waals surface area contributed by atoms with Gasteiger partial charge in [0.15, 0.2) is 0 Å². The van der Waals surface area contributed by atoms with Crippen molar-refractivity contribution in [3.8, 4) is 28.6 Å². The van der Waals surface area contributed by atoms with Gasteiger partial charge in [-0.3, -0.25) is 24.4 Å². The van der Waals surface area contributed by atoms with Gasteiger partial charge in [-0.2, -0.15) is 5.26 Å². The molecule has 1 aliphatic carbocycles. The van der Waals surface area contributed by atoms with Crippen LogP contribution in [0.3, 0.4) is 0 Å². The zero-order chi connectivity index (χ0) is 37.4. The number of ether oxygens (including phenoxy) is 2. The number of amides is 2. The zero-order valence-corrected chi connectivity index (χ0v) is 31.8. The van der Waals surface area contributed by atoms with E-state index in [-0.39, 0.29) is 36.9 Å². The molecule has 2 N–H and O–H groups in total. The van der Waals surface area contributed by atoms with Gasteiger partial charge in [0.25, 0.3) is 5.91 Å². The number of hydrazine groups is 1. The molecule has 2 aliphatic heterocycles. The number of hydrogen-bond donors (Lipinski definition) is 2. The number of methoxy groups -OCH3 is 1. The maximum Gasteiger partial charge on any atom is 0.324 e. The molecule has 278 valence electrons. The standard InChI is InChI=1S/C40H47N7O5S/c1-6-46-33-14-12-24-17-28(33)29(36(46)27-9-7-15-42-35(27)23(2)51-5)19-40(3,4)22-52-39(50)30-10-8-16-47(45-30)38(49)31(18-34-43-32(24)21-53-34)44-37(48)26-13-11-25(26)20-41/h7,9,12,14-15,17,21,23,25-26,30-31,45H,6,8,10-11,13,16,18-19,22H2,1-5H3,(H,44,48)/t23-,25?,26+,30-,31-/m0/s1. The van der Waals surface area contributed by atoms with E-state index in [2.05, 4.69) is 66.4 Å². The van der Waals surface area contributed by atoms with Crippen LogP contribution in [0.25, 0.3) is 33.4 Å². The van der Waals surface area contributed by atoms with Crippen LogP contribution in [0.2, 0.25) is 0 Å². The van der Waals surface area contributed by atoms with Crippen LogP contribution in [0.15, 0.2) is 41.9 Å². The average molecular weight is 738 g/mol. The van der Waals surface area contributed by atoms with Gasteiger partial charge in [0.2, 0.25) is 5.91 Å². The first kappa shape index (κ1) is 36.7. The second kappa shape index (κ2) is 15.0. The lowest BCUT2D eigenvalue weighted by atomic mass is 9.74. The van der Waals surface area contributed by atoms with Crippen LogP contribution in [0, 0.1) is 28.6 Å². The summed E-state index contributed by atoms with van der Waals surface area (Å²) in [6, 6.07) is 11.0. The summed E-state index contributed by atoms with van der Waals surface area (Å²) in [5, 5.41) is 17.7. The molecule has 4 aromatic rings. The number of cyclic esters (lactones) is 1. The van der Waals surface area contributed by atoms with Crippen LogP contribution < -0.4 is 10.7 Å². The monoisotopic (exact) mass is 737 g/mol. The summed E-state index contributed by atoms with van der Waals surface area (Å²) < 4.78 is 14.1. The largest absolute Gasteiger partial charge is 0.464 e. The van der Waals surface area contributed by atoms with Gasteiger partial charge >= 0.3 is 5.97 Å². The van der Waals surface area contributed by atoms with Gasteiger partial charge < -0.3 is 19.4 Å². The zero-order valence-electron chi connectivity index (χ0n) is 31.0. The first-order valence-electron chi connectivity index (χ1n) is 18.5. The summed E-state index contributed by atoms with van der Waals surface area (Å²) in [7, 11) is 1.69. The van der Waals surface area contributed by atoms with E-state index in [0.717, 1.165) is 51.2 Å². The number of nitrogens with zero attached hydrogens (tertiary/aromatic N) is 5. The lowest BCUT2D eigenvalue weighted by Gasteiger charge is -2.36. The number of carbonyl (C=O) groups excluding carboxylic acids is 3. The Morgan fingerprint density at radius 3 is 2.81 bits per heavy atom. The van der Waals surface area contributed by atoms with Gasteiger partial charge in [-0.25, -0.2) is 10.4 Å². The number of esters is 1. The van der Waals surface area contributed by atoms with Crippen LogP contribution in [0.5, 0.6) is 0 Å². The van der Waals surface area contributed by atoms with E-state index in [1.807, 2.05) is 18.4 Å². The number of fused-ring (bicyclic) bond motifs is 6. The minimum atomic E-state index is -0.931. The third-order valence-electron chi connectivity index (χ3n) is 10.9. The number of nitrogens with one attached hydrogen (secondary N) is 2. The van der Waals surface area contributed by atoms with E-state index in [1.54, 1.807) is 13.3 Å². The number of aryl methyl sites for hydroxylation is 1. The normalized spacial score (nSPS) is 23.7. The summed E-state index contributed by atoms with van der Waals surface area (Å²) in [6.45, 7) is 9.61. The summed E-state index contributed by atoms with van der Waals surface area (Å²) in [5.74, 6) is -1.88. The number of nitriles is 1. The SMILES string of the molecule is CCn1c(-c2cccnc2[C@H](C)OC)c2c3cc(ccc31)-c1csc(n1)C[C@H](NC(=O)[C@@H]1CCC1C#N)C(=O)N1CCC[C@H](N1)C(=O)OCC(C)(C)C2. The summed E-state index contributed by atoms with van der Waals surface area (Å²) in [5.41, 5.74) is 9.47. The number of carbonyl (C=O) groups is 3. The smallest absolute Gasteiger partial charge is 0.324 e. The second-order valence-corrected chi connectivity index (χ2v) is 16.1. The lowest BCUT2D eigenvalue weighted by Crippen LogP contribution is -2.61. The van der Waals surface area contributed by atoms with Gasteiger partial charge in [-0.15, -0.1) is 11.3 Å². The molecule has 1 aromatic carbocycles. The topological polar surface area (TPSA) is 151 Å². The molecule has 12 nitrogen and oxygen atoms in total. The highest BCUT2D eigenvalue weighted by atomic mass is 32.1. The Hall–Kier alpha value is -4.64. The minimum Gasteiger partial charge on any atom is -0.464 e. The number of thiazole rings is 1. The second-order valence-electron chi connectivity index (χ2n) is 15.2. The molecular formula is C40H47N7O5S. The van der Waals surface area contributed by atoms with Crippen molar-refractivity contribution in [1.29, 1.82) is 5.26 Å². The Morgan fingerprint density at radius 1 is 1.25 bits per heavy atom. The van der Waals surface area contributed by atoms with Crippen molar-refractivity contribution in [2.45, 2.75) is 91.0 Å². The number of pyridine rings is 1. The van der Waals surface area contributed by atoms with Gasteiger partial charge in [0, 0.05) is 65.6 Å². The average Bonchev–Trinajstić information content (AvgIpc) is 3.74. The van der Waals surface area contributed by atoms with Crippen molar-refractivity contribution in [1.82, 2.24) is 30.3 Å². The fraction of sp³-hybridized carbons (Fsp3) is 0.500. The highest BCUT2D eigenvalue weighted by Crippen LogP contribution is 2.42. The third-order valence-corrected chi connectivity index (χ3v) is 11.8. The molecular weight excluding hydrogens is 691 g/mol. The van der Waals surface area contributed by atoms with E-state index >= 15 is 0 Å². The van der Waals surface area contributed by atoms with E-state index in [4.69, 9.17) is 19.4 Å². The maximum atomic E-state index is 14.1. The van der Waals surface area contributed by atoms with E-state index < -0.39 is 29.4 Å². The Bertz CT molecular complexity index is 2080. The molecule has 3 aliphatic rings. The van der Waals surface area contributed by atoms with Crippen LogP contribution in [-0.2, 0) is 43.2 Å². The molecule has 0 spiro atoms. The molecule has 0 radical (unpaired) electrons. The van der Waals surface area contributed by atoms with Crippen molar-refractivity contribution in [2.24, 2.45) is 17.3 Å². The van der Waals surface area contributed by atoms with Gasteiger partial charge in [0.05, 0.1) is 52.7 Å². The van der Waals surface area contributed by atoms with Crippen molar-refractivity contribution >= 4 is 40.0 Å². The van der Waals surface area contributed by atoms with Crippen LogP contribution >= 0.6 is 11.3 Å². The third kappa shape index (κ3) is 7.20. The van der Waals surface area contributed by atoms with Crippen molar-refractivity contribution in [2.75, 3.05) is 20.3 Å². The molecule has 3 aromatic heterocycles. The lowest BCUT2D eigenvalue weighted by molar-refractivity contribution is -0.155. The summed E-state index contributed by atoms with van der Waals surface area (Å²) in [6.07, 6.45) is 4.73. The Kier molecular flexibility index (Phi) is 10.4. The first-order valence-corrected chi connectivity index (χ1v) is 19.4. The first-order chi connectivity index (χ1) is 25.5. The molecule has 13 heteroatoms. The maximum absolute atomic E-state index is 14.1. The van der Waals surface area contributed by atoms with E-state index in [0.29, 0.717) is 43.7 Å². The Balaban J connectivity index is 1.34. The highest BCUT2D eigenvalue weighted by molar-refractivity contribution is 7.10. The number of hydrogen-bond acceptors (Lipinski definition) is 10. The molecule has 5 atom stereocenters. The van der Waals surface area contributed by atoms with Crippen molar-refractivity contribution < 1.29 is 23.9 Å². The molecule has 7 rings (SSSR count). The van der Waals surface area contributed by atoms with Crippen LogP contribution in [0.1, 0.15) is 75.7 Å². The van der Waals surface area contributed by atoms with Crippen molar-refractivity contribution in [3.05, 3.63) is 58.2 Å². The predicted octanol–water partition coefficient (Wildman–Crippen LogP) is 5.75. The molecule has 1 saturated carbocycles. The minimum absolute atomic E-state index is 0.167. The fourth-order valence-corrected chi connectivity index (χ4v) is 8.66. The predicted molar refractivity (Wildman–Crippen MR) is 201 cm³/mol. The molecule has 2 amide bonds. The quantitative estimate of drug-likeness (QED) is 0.236. The van der Waals surface area contributed by atoms with Gasteiger partial charge in [-0.1, -0.05) is 19.9 Å². The van der Waals surface area contributed by atoms with Crippen molar-refractivity contribution in [3.63, 3.8) is 0 Å². The van der Waals surface area contributed by atoms with E-state index in [1.165, 1.54) is 16.3 Å². The van der Waals surface area contributed by atoms with Crippen LogP contribution in [0.4, 0.5) is 0 Å². The molecule has 53 heavy (non-hydrogen) atoms. The molecule has 2 fully saturated rings. The summed E-state index contributed by atoms with van der Waals surface area (Å²) in [4.78, 5) is 50.9. The van der Waals surface area contributed by atoms with Crippen LogP contribution in [-0.4, -0.2) is 69.7 Å². The Morgan fingerprint density at radius 2 is 2.08 bits per heavy atom. The van der Waals surface area contributed by atoms with E-state index in [9.17, 15) is 19.6 Å². The van der Waals surface area contributed by atoms with Gasteiger partial charge in [-0.05, 0) is 75.8 Å². The number of rotatable bonds is 6. The molecule has 6 bridgehead atoms. The Labute approximate surface area is 313 Å². The number of aromatic nitrogens is 3. The number of benzene rings is 1. The summed E-state index contributed by atoms with van der Waals surface area (Å²) >= 11 is 1.44.